The number of nitrogens with zero attached hydrogens (tertiary/aromatic N) is 2. The van der Waals surface area contributed by atoms with Crippen LogP contribution in [0.4, 0.5) is 5.69 Å². The molecule has 1 aromatic rings. The zero-order valence-electron chi connectivity index (χ0n) is 15.0. The van der Waals surface area contributed by atoms with E-state index in [2.05, 4.69) is 17.3 Å². The Morgan fingerprint density at radius 3 is 2.84 bits per heavy atom. The summed E-state index contributed by atoms with van der Waals surface area (Å²) in [4.78, 5) is 28.8. The summed E-state index contributed by atoms with van der Waals surface area (Å²) in [7, 11) is 2.09. The van der Waals surface area contributed by atoms with Gasteiger partial charge in [0.1, 0.15) is 5.75 Å². The summed E-state index contributed by atoms with van der Waals surface area (Å²) in [5.41, 5.74) is 0.748. The Morgan fingerprint density at radius 1 is 1.36 bits per heavy atom. The van der Waals surface area contributed by atoms with Crippen molar-refractivity contribution in [1.29, 1.82) is 0 Å². The Bertz CT molecular complexity index is 630. The van der Waals surface area contributed by atoms with Crippen molar-refractivity contribution in [2.75, 3.05) is 38.2 Å². The molecule has 25 heavy (non-hydrogen) atoms. The quantitative estimate of drug-likeness (QED) is 0.778. The van der Waals surface area contributed by atoms with Crippen LogP contribution in [0.2, 0.25) is 0 Å². The molecule has 1 N–H and O–H groups in total. The van der Waals surface area contributed by atoms with E-state index in [4.69, 9.17) is 4.74 Å². The Hall–Kier alpha value is -2.08. The highest BCUT2D eigenvalue weighted by Gasteiger charge is 2.36. The fourth-order valence-corrected chi connectivity index (χ4v) is 3.27. The highest BCUT2D eigenvalue weighted by atomic mass is 16.5. The minimum Gasteiger partial charge on any atom is -0.492 e. The molecule has 0 unspecified atom stereocenters. The highest BCUT2D eigenvalue weighted by Crippen LogP contribution is 2.33. The van der Waals surface area contributed by atoms with Gasteiger partial charge in [-0.15, -0.1) is 0 Å². The summed E-state index contributed by atoms with van der Waals surface area (Å²) in [5, 5.41) is 2.98. The van der Waals surface area contributed by atoms with Crippen LogP contribution >= 0.6 is 0 Å². The summed E-state index contributed by atoms with van der Waals surface area (Å²) in [6.45, 7) is 4.35. The van der Waals surface area contributed by atoms with Gasteiger partial charge in [-0.05, 0) is 38.9 Å². The number of hydrogen-bond donors (Lipinski definition) is 1. The number of carbonyl (C=O) groups excluding carboxylic acids is 2. The van der Waals surface area contributed by atoms with Crippen molar-refractivity contribution in [1.82, 2.24) is 10.2 Å². The SMILES string of the molecule is CCOc1ccccc1N1C[C@@H](C(=O)NCCN(C)C2CC2)CC1=O. The summed E-state index contributed by atoms with van der Waals surface area (Å²) in [5.74, 6) is 0.329. The maximum atomic E-state index is 12.4. The van der Waals surface area contributed by atoms with E-state index in [0.29, 0.717) is 31.5 Å². The second-order valence-corrected chi connectivity index (χ2v) is 6.81. The van der Waals surface area contributed by atoms with Crippen molar-refractivity contribution in [3.8, 4) is 5.75 Å². The zero-order chi connectivity index (χ0) is 17.8. The number of carbonyl (C=O) groups is 2. The summed E-state index contributed by atoms with van der Waals surface area (Å²) in [6, 6.07) is 8.18. The van der Waals surface area contributed by atoms with Gasteiger partial charge in [-0.2, -0.15) is 0 Å². The average Bonchev–Trinajstić information content (AvgIpc) is 3.38. The largest absolute Gasteiger partial charge is 0.492 e. The highest BCUT2D eigenvalue weighted by molar-refractivity contribution is 6.01. The van der Waals surface area contributed by atoms with E-state index in [0.717, 1.165) is 12.2 Å². The standard InChI is InChI=1S/C19H27N3O3/c1-3-25-17-7-5-4-6-16(17)22-13-14(12-18(22)23)19(24)20-10-11-21(2)15-8-9-15/h4-7,14-15H,3,8-13H2,1-2H3,(H,20,24)/t14-/m0/s1. The van der Waals surface area contributed by atoms with E-state index in [1.165, 1.54) is 12.8 Å². The van der Waals surface area contributed by atoms with Crippen LogP contribution in [0, 0.1) is 5.92 Å². The average molecular weight is 345 g/mol. The molecule has 6 heteroatoms. The number of amides is 2. The Morgan fingerprint density at radius 2 is 2.12 bits per heavy atom. The number of benzene rings is 1. The molecule has 0 spiro atoms. The van der Waals surface area contributed by atoms with Gasteiger partial charge in [0.25, 0.3) is 0 Å². The fourth-order valence-electron chi connectivity index (χ4n) is 3.27. The molecule has 2 aliphatic rings. The van der Waals surface area contributed by atoms with Crippen LogP contribution in [0.5, 0.6) is 5.75 Å². The van der Waals surface area contributed by atoms with Gasteiger partial charge >= 0.3 is 0 Å². The third kappa shape index (κ3) is 4.31. The molecule has 6 nitrogen and oxygen atoms in total. The number of para-hydroxylation sites is 2. The number of rotatable bonds is 8. The van der Waals surface area contributed by atoms with Gasteiger partial charge in [0.15, 0.2) is 0 Å². The lowest BCUT2D eigenvalue weighted by Gasteiger charge is -2.20. The maximum absolute atomic E-state index is 12.4. The normalized spacial score (nSPS) is 20.2. The van der Waals surface area contributed by atoms with E-state index >= 15 is 0 Å². The lowest BCUT2D eigenvalue weighted by Crippen LogP contribution is -2.38. The molecule has 1 heterocycles. The second kappa shape index (κ2) is 7.87. The topological polar surface area (TPSA) is 61.9 Å². The zero-order valence-corrected chi connectivity index (χ0v) is 15.0. The van der Waals surface area contributed by atoms with Gasteiger partial charge < -0.3 is 19.9 Å². The van der Waals surface area contributed by atoms with E-state index < -0.39 is 0 Å². The van der Waals surface area contributed by atoms with Crippen molar-refractivity contribution in [3.05, 3.63) is 24.3 Å². The lowest BCUT2D eigenvalue weighted by molar-refractivity contribution is -0.126. The van der Waals surface area contributed by atoms with Crippen molar-refractivity contribution in [3.63, 3.8) is 0 Å². The molecular weight excluding hydrogens is 318 g/mol. The Balaban J connectivity index is 1.55. The van der Waals surface area contributed by atoms with Gasteiger partial charge in [-0.1, -0.05) is 12.1 Å². The minimum absolute atomic E-state index is 0.0256. The second-order valence-electron chi connectivity index (χ2n) is 6.81. The first-order valence-electron chi connectivity index (χ1n) is 9.10. The van der Waals surface area contributed by atoms with E-state index in [1.54, 1.807) is 4.90 Å². The number of ether oxygens (including phenoxy) is 1. The van der Waals surface area contributed by atoms with Gasteiger partial charge in [-0.25, -0.2) is 0 Å². The van der Waals surface area contributed by atoms with Crippen LogP contribution in [0.25, 0.3) is 0 Å². The Labute approximate surface area is 149 Å². The number of nitrogens with one attached hydrogen (secondary N) is 1. The molecular formula is C19H27N3O3. The lowest BCUT2D eigenvalue weighted by atomic mass is 10.1. The maximum Gasteiger partial charge on any atom is 0.227 e. The molecule has 2 fully saturated rings. The molecule has 1 saturated carbocycles. The third-order valence-corrected chi connectivity index (χ3v) is 4.89. The van der Waals surface area contributed by atoms with Gasteiger partial charge in [0.2, 0.25) is 11.8 Å². The van der Waals surface area contributed by atoms with Gasteiger partial charge in [0.05, 0.1) is 18.2 Å². The molecule has 2 amide bonds. The van der Waals surface area contributed by atoms with Crippen LogP contribution in [-0.4, -0.2) is 56.0 Å². The van der Waals surface area contributed by atoms with Crippen molar-refractivity contribution < 1.29 is 14.3 Å². The molecule has 3 rings (SSSR count). The molecule has 0 aromatic heterocycles. The monoisotopic (exact) mass is 345 g/mol. The van der Waals surface area contributed by atoms with Gasteiger partial charge in [-0.3, -0.25) is 9.59 Å². The molecule has 136 valence electrons. The minimum atomic E-state index is -0.298. The van der Waals surface area contributed by atoms with Crippen molar-refractivity contribution >= 4 is 17.5 Å². The predicted octanol–water partition coefficient (Wildman–Crippen LogP) is 1.65. The molecule has 0 radical (unpaired) electrons. The van der Waals surface area contributed by atoms with Crippen molar-refractivity contribution in [2.24, 2.45) is 5.92 Å². The fraction of sp³-hybridized carbons (Fsp3) is 0.579. The summed E-state index contributed by atoms with van der Waals surface area (Å²) < 4.78 is 5.61. The number of hydrogen-bond acceptors (Lipinski definition) is 4. The number of anilines is 1. The summed E-state index contributed by atoms with van der Waals surface area (Å²) >= 11 is 0. The number of likely N-dealkylation sites (N-methyl/N-ethyl adjacent to an activating group) is 1. The van der Waals surface area contributed by atoms with Crippen molar-refractivity contribution in [2.45, 2.75) is 32.2 Å². The Kier molecular flexibility index (Phi) is 5.58. The van der Waals surface area contributed by atoms with E-state index in [1.807, 2.05) is 31.2 Å². The van der Waals surface area contributed by atoms with Crippen LogP contribution < -0.4 is 15.0 Å². The van der Waals surface area contributed by atoms with Crippen LogP contribution in [0.15, 0.2) is 24.3 Å². The first kappa shape index (κ1) is 17.7. The first-order valence-corrected chi connectivity index (χ1v) is 9.10. The molecule has 1 atom stereocenters. The van der Waals surface area contributed by atoms with Crippen LogP contribution in [0.3, 0.4) is 0 Å². The first-order chi connectivity index (χ1) is 12.1. The van der Waals surface area contributed by atoms with E-state index in [9.17, 15) is 9.59 Å². The van der Waals surface area contributed by atoms with Gasteiger partial charge in [0, 0.05) is 32.1 Å². The molecule has 0 bridgehead atoms. The smallest absolute Gasteiger partial charge is 0.227 e. The third-order valence-electron chi connectivity index (χ3n) is 4.89. The molecule has 1 aromatic carbocycles. The molecule has 1 saturated heterocycles. The molecule has 1 aliphatic heterocycles. The van der Waals surface area contributed by atoms with Crippen LogP contribution in [-0.2, 0) is 9.59 Å². The van der Waals surface area contributed by atoms with Crippen LogP contribution in [0.1, 0.15) is 26.2 Å². The van der Waals surface area contributed by atoms with E-state index in [-0.39, 0.29) is 24.2 Å². The predicted molar refractivity (Wildman–Crippen MR) is 96.7 cm³/mol. The molecule has 1 aliphatic carbocycles. The summed E-state index contributed by atoms with van der Waals surface area (Å²) in [6.07, 6.45) is 2.77.